The zero-order valence-corrected chi connectivity index (χ0v) is 10.1. The van der Waals surface area contributed by atoms with Crippen molar-refractivity contribution in [1.82, 2.24) is 10.3 Å². The van der Waals surface area contributed by atoms with Gasteiger partial charge in [0, 0.05) is 25.4 Å². The van der Waals surface area contributed by atoms with Gasteiger partial charge < -0.3 is 10.4 Å². The third-order valence-corrected chi connectivity index (χ3v) is 3.29. The molecule has 0 bridgehead atoms. The van der Waals surface area contributed by atoms with Gasteiger partial charge >= 0.3 is 5.97 Å². The van der Waals surface area contributed by atoms with Crippen LogP contribution in [0.3, 0.4) is 0 Å². The Hall–Kier alpha value is -1.91. The second-order valence-corrected chi connectivity index (χ2v) is 4.72. The van der Waals surface area contributed by atoms with Gasteiger partial charge in [-0.1, -0.05) is 6.07 Å². The van der Waals surface area contributed by atoms with Crippen LogP contribution in [0.15, 0.2) is 24.5 Å². The first-order valence-electron chi connectivity index (χ1n) is 6.01. The molecule has 0 spiro atoms. The number of aromatic nitrogens is 1. The lowest BCUT2D eigenvalue weighted by Gasteiger charge is -2.10. The Balaban J connectivity index is 1.72. The summed E-state index contributed by atoms with van der Waals surface area (Å²) in [6, 6.07) is 3.75. The molecule has 2 rings (SSSR count). The van der Waals surface area contributed by atoms with E-state index < -0.39 is 11.4 Å². The van der Waals surface area contributed by atoms with Gasteiger partial charge in [0.2, 0.25) is 5.91 Å². The molecule has 5 nitrogen and oxygen atoms in total. The van der Waals surface area contributed by atoms with E-state index in [1.165, 1.54) is 0 Å². The van der Waals surface area contributed by atoms with E-state index in [0.717, 1.165) is 5.56 Å². The first-order chi connectivity index (χ1) is 8.62. The van der Waals surface area contributed by atoms with Crippen molar-refractivity contribution in [2.45, 2.75) is 25.7 Å². The van der Waals surface area contributed by atoms with Gasteiger partial charge in [0.1, 0.15) is 0 Å². The summed E-state index contributed by atoms with van der Waals surface area (Å²) in [5.41, 5.74) is 0.316. The highest BCUT2D eigenvalue weighted by Gasteiger charge is 2.50. The van der Waals surface area contributed by atoms with Gasteiger partial charge in [-0.05, 0) is 30.9 Å². The standard InChI is InChI=1S/C13H16N2O3/c16-11(4-3-10-2-1-7-14-8-10)15-9-13(5-6-13)12(17)18/h1-2,7-8H,3-6,9H2,(H,15,16)(H,17,18). The molecule has 0 aromatic carbocycles. The van der Waals surface area contributed by atoms with Crippen molar-refractivity contribution in [2.24, 2.45) is 5.41 Å². The van der Waals surface area contributed by atoms with Crippen LogP contribution in [-0.4, -0.2) is 28.5 Å². The van der Waals surface area contributed by atoms with E-state index >= 15 is 0 Å². The van der Waals surface area contributed by atoms with E-state index in [4.69, 9.17) is 5.11 Å². The van der Waals surface area contributed by atoms with Crippen LogP contribution in [0.5, 0.6) is 0 Å². The number of carboxylic acid groups (broad SMARTS) is 1. The highest BCUT2D eigenvalue weighted by Crippen LogP contribution is 2.45. The number of rotatable bonds is 6. The van der Waals surface area contributed by atoms with E-state index in [-0.39, 0.29) is 12.5 Å². The van der Waals surface area contributed by atoms with Gasteiger partial charge in [-0.15, -0.1) is 0 Å². The molecule has 1 fully saturated rings. The van der Waals surface area contributed by atoms with Crippen LogP contribution in [0, 0.1) is 5.41 Å². The molecular formula is C13H16N2O3. The number of pyridine rings is 1. The number of hydrogen-bond acceptors (Lipinski definition) is 3. The van der Waals surface area contributed by atoms with E-state index in [0.29, 0.717) is 25.7 Å². The van der Waals surface area contributed by atoms with Crippen molar-refractivity contribution in [1.29, 1.82) is 0 Å². The predicted molar refractivity (Wildman–Crippen MR) is 64.9 cm³/mol. The highest BCUT2D eigenvalue weighted by atomic mass is 16.4. The molecular weight excluding hydrogens is 232 g/mol. The molecule has 18 heavy (non-hydrogen) atoms. The van der Waals surface area contributed by atoms with Gasteiger partial charge in [0.25, 0.3) is 0 Å². The molecule has 1 aromatic rings. The molecule has 96 valence electrons. The van der Waals surface area contributed by atoms with Crippen molar-refractivity contribution in [2.75, 3.05) is 6.54 Å². The fourth-order valence-corrected chi connectivity index (χ4v) is 1.78. The van der Waals surface area contributed by atoms with Crippen molar-refractivity contribution in [3.05, 3.63) is 30.1 Å². The number of nitrogens with zero attached hydrogens (tertiary/aromatic N) is 1. The Morgan fingerprint density at radius 1 is 1.44 bits per heavy atom. The van der Waals surface area contributed by atoms with E-state index in [1.54, 1.807) is 12.4 Å². The van der Waals surface area contributed by atoms with Crippen molar-refractivity contribution >= 4 is 11.9 Å². The second kappa shape index (κ2) is 5.16. The minimum absolute atomic E-state index is 0.105. The Morgan fingerprint density at radius 3 is 2.78 bits per heavy atom. The number of aliphatic carboxylic acids is 1. The SMILES string of the molecule is O=C(CCc1cccnc1)NCC1(C(=O)O)CC1. The van der Waals surface area contributed by atoms with Gasteiger partial charge in [-0.25, -0.2) is 0 Å². The summed E-state index contributed by atoms with van der Waals surface area (Å²) in [6.45, 7) is 0.244. The topological polar surface area (TPSA) is 79.3 Å². The predicted octanol–water partition coefficient (Wildman–Crippen LogP) is 0.995. The summed E-state index contributed by atoms with van der Waals surface area (Å²) < 4.78 is 0. The normalized spacial score (nSPS) is 16.0. The van der Waals surface area contributed by atoms with E-state index in [1.807, 2.05) is 12.1 Å². The minimum Gasteiger partial charge on any atom is -0.481 e. The van der Waals surface area contributed by atoms with Crippen LogP contribution in [-0.2, 0) is 16.0 Å². The molecule has 0 radical (unpaired) electrons. The summed E-state index contributed by atoms with van der Waals surface area (Å²) in [6.07, 6.45) is 5.72. The molecule has 2 N–H and O–H groups in total. The molecule has 5 heteroatoms. The largest absolute Gasteiger partial charge is 0.481 e. The van der Waals surface area contributed by atoms with Crippen LogP contribution in [0.4, 0.5) is 0 Å². The molecule has 1 aliphatic carbocycles. The van der Waals surface area contributed by atoms with E-state index in [9.17, 15) is 9.59 Å². The van der Waals surface area contributed by atoms with Gasteiger partial charge in [0.15, 0.2) is 0 Å². The molecule has 1 amide bonds. The summed E-state index contributed by atoms with van der Waals surface area (Å²) in [5, 5.41) is 11.7. The molecule has 1 heterocycles. The quantitative estimate of drug-likeness (QED) is 0.787. The fraction of sp³-hybridized carbons (Fsp3) is 0.462. The van der Waals surface area contributed by atoms with Crippen molar-refractivity contribution in [3.63, 3.8) is 0 Å². The molecule has 1 saturated carbocycles. The summed E-state index contributed by atoms with van der Waals surface area (Å²) in [7, 11) is 0. The van der Waals surface area contributed by atoms with Crippen molar-refractivity contribution < 1.29 is 14.7 Å². The lowest BCUT2D eigenvalue weighted by atomic mass is 10.1. The zero-order valence-electron chi connectivity index (χ0n) is 10.1. The maximum atomic E-state index is 11.6. The lowest BCUT2D eigenvalue weighted by Crippen LogP contribution is -2.34. The van der Waals surface area contributed by atoms with Crippen LogP contribution < -0.4 is 5.32 Å². The van der Waals surface area contributed by atoms with E-state index in [2.05, 4.69) is 10.3 Å². The molecule has 0 atom stereocenters. The maximum Gasteiger partial charge on any atom is 0.311 e. The van der Waals surface area contributed by atoms with Crippen LogP contribution in [0.1, 0.15) is 24.8 Å². The van der Waals surface area contributed by atoms with Crippen LogP contribution in [0.2, 0.25) is 0 Å². The summed E-state index contributed by atoms with van der Waals surface area (Å²) >= 11 is 0. The Bertz CT molecular complexity index is 441. The summed E-state index contributed by atoms with van der Waals surface area (Å²) in [4.78, 5) is 26.5. The number of carboxylic acids is 1. The first-order valence-corrected chi connectivity index (χ1v) is 6.01. The Labute approximate surface area is 105 Å². The number of hydrogen-bond donors (Lipinski definition) is 2. The molecule has 0 unspecified atom stereocenters. The average Bonchev–Trinajstić information content (AvgIpc) is 3.16. The maximum absolute atomic E-state index is 11.6. The highest BCUT2D eigenvalue weighted by molar-refractivity contribution is 5.81. The van der Waals surface area contributed by atoms with Crippen LogP contribution >= 0.6 is 0 Å². The molecule has 1 aliphatic rings. The Kier molecular flexibility index (Phi) is 3.60. The number of carbonyl (C=O) groups excluding carboxylic acids is 1. The Morgan fingerprint density at radius 2 is 2.22 bits per heavy atom. The fourth-order valence-electron chi connectivity index (χ4n) is 1.78. The third-order valence-electron chi connectivity index (χ3n) is 3.29. The molecule has 1 aromatic heterocycles. The lowest BCUT2D eigenvalue weighted by molar-refractivity contribution is -0.143. The average molecular weight is 248 g/mol. The second-order valence-electron chi connectivity index (χ2n) is 4.72. The minimum atomic E-state index is -0.810. The summed E-state index contributed by atoms with van der Waals surface area (Å²) in [5.74, 6) is -0.915. The van der Waals surface area contributed by atoms with Gasteiger partial charge in [0.05, 0.1) is 5.41 Å². The van der Waals surface area contributed by atoms with Gasteiger partial charge in [-0.3, -0.25) is 14.6 Å². The monoisotopic (exact) mass is 248 g/mol. The number of nitrogens with one attached hydrogen (secondary N) is 1. The number of aryl methyl sites for hydroxylation is 1. The zero-order chi connectivity index (χ0) is 13.0. The van der Waals surface area contributed by atoms with Crippen LogP contribution in [0.25, 0.3) is 0 Å². The van der Waals surface area contributed by atoms with Crippen molar-refractivity contribution in [3.8, 4) is 0 Å². The first kappa shape index (κ1) is 12.5. The third kappa shape index (κ3) is 3.06. The smallest absolute Gasteiger partial charge is 0.311 e. The van der Waals surface area contributed by atoms with Gasteiger partial charge in [-0.2, -0.15) is 0 Å². The molecule has 0 aliphatic heterocycles. The molecule has 0 saturated heterocycles. The number of amides is 1. The number of carbonyl (C=O) groups is 2.